The van der Waals surface area contributed by atoms with Crippen LogP contribution in [0.2, 0.25) is 0 Å². The average Bonchev–Trinajstić information content (AvgIpc) is 2.77. The topological polar surface area (TPSA) is 98.8 Å². The minimum atomic E-state index is -0.185. The Labute approximate surface area is 133 Å². The molecule has 3 N–H and O–H groups in total. The fourth-order valence-corrected chi connectivity index (χ4v) is 2.59. The zero-order chi connectivity index (χ0) is 16.6. The van der Waals surface area contributed by atoms with Gasteiger partial charge in [0.1, 0.15) is 5.69 Å². The molecular formula is C16H21N5O2. The second-order valence-electron chi connectivity index (χ2n) is 5.90. The number of hydrogen-bond donors (Lipinski definition) is 2. The van der Waals surface area contributed by atoms with Crippen LogP contribution in [0.15, 0.2) is 16.9 Å². The zero-order valence-electron chi connectivity index (χ0n) is 13.6. The van der Waals surface area contributed by atoms with E-state index in [2.05, 4.69) is 15.0 Å². The molecule has 2 heterocycles. The average molecular weight is 315 g/mol. The number of imidazole rings is 1. The third-order valence-corrected chi connectivity index (χ3v) is 3.74. The number of ether oxygens (including phenoxy) is 1. The van der Waals surface area contributed by atoms with Crippen LogP contribution in [0.3, 0.4) is 0 Å². The molecule has 3 rings (SSSR count). The number of aromatic nitrogens is 4. The first-order valence-corrected chi connectivity index (χ1v) is 7.73. The fourth-order valence-electron chi connectivity index (χ4n) is 2.59. The SMILES string of the molecule is Cc1nc2cc3c(cc2[nH]c1=O)nc(N)n3CCCOC(C)C. The van der Waals surface area contributed by atoms with Crippen LogP contribution >= 0.6 is 0 Å². The number of hydrogen-bond acceptors (Lipinski definition) is 5. The molecule has 0 spiro atoms. The lowest BCUT2D eigenvalue weighted by molar-refractivity contribution is 0.0751. The summed E-state index contributed by atoms with van der Waals surface area (Å²) in [6.45, 7) is 7.12. The van der Waals surface area contributed by atoms with Gasteiger partial charge in [-0.05, 0) is 39.3 Å². The Kier molecular flexibility index (Phi) is 4.04. The molecule has 3 aromatic rings. The summed E-state index contributed by atoms with van der Waals surface area (Å²) in [4.78, 5) is 23.2. The molecule has 122 valence electrons. The lowest BCUT2D eigenvalue weighted by Gasteiger charge is -2.09. The highest BCUT2D eigenvalue weighted by Crippen LogP contribution is 2.22. The van der Waals surface area contributed by atoms with E-state index in [0.717, 1.165) is 29.5 Å². The Hall–Kier alpha value is -2.41. The highest BCUT2D eigenvalue weighted by atomic mass is 16.5. The van der Waals surface area contributed by atoms with Gasteiger partial charge in [0.15, 0.2) is 0 Å². The number of nitrogens with two attached hydrogens (primary N) is 1. The van der Waals surface area contributed by atoms with E-state index < -0.39 is 0 Å². The van der Waals surface area contributed by atoms with E-state index in [1.165, 1.54) is 0 Å². The van der Waals surface area contributed by atoms with Crippen LogP contribution in [0.1, 0.15) is 26.0 Å². The van der Waals surface area contributed by atoms with E-state index in [-0.39, 0.29) is 11.7 Å². The summed E-state index contributed by atoms with van der Waals surface area (Å²) < 4.78 is 7.52. The van der Waals surface area contributed by atoms with E-state index in [4.69, 9.17) is 10.5 Å². The Bertz CT molecular complexity index is 910. The summed E-state index contributed by atoms with van der Waals surface area (Å²) in [5.41, 5.74) is 9.36. The second kappa shape index (κ2) is 6.00. The highest BCUT2D eigenvalue weighted by molar-refractivity contribution is 5.92. The molecular weight excluding hydrogens is 294 g/mol. The molecule has 0 aliphatic heterocycles. The first kappa shape index (κ1) is 15.5. The van der Waals surface area contributed by atoms with Crippen molar-refractivity contribution < 1.29 is 4.74 Å². The third-order valence-electron chi connectivity index (χ3n) is 3.74. The molecule has 0 saturated carbocycles. The maximum atomic E-state index is 11.7. The Morgan fingerprint density at radius 3 is 2.83 bits per heavy atom. The maximum absolute atomic E-state index is 11.7. The van der Waals surface area contributed by atoms with E-state index in [1.807, 2.05) is 30.5 Å². The van der Waals surface area contributed by atoms with Gasteiger partial charge in [-0.1, -0.05) is 0 Å². The normalized spacial score (nSPS) is 11.8. The molecule has 7 heteroatoms. The van der Waals surface area contributed by atoms with E-state index in [1.54, 1.807) is 6.92 Å². The van der Waals surface area contributed by atoms with Crippen molar-refractivity contribution in [1.29, 1.82) is 0 Å². The van der Waals surface area contributed by atoms with Crippen molar-refractivity contribution in [3.05, 3.63) is 28.2 Å². The molecule has 0 bridgehead atoms. The molecule has 0 aliphatic rings. The first-order valence-electron chi connectivity index (χ1n) is 7.73. The van der Waals surface area contributed by atoms with Gasteiger partial charge < -0.3 is 20.0 Å². The Balaban J connectivity index is 1.98. The van der Waals surface area contributed by atoms with Crippen molar-refractivity contribution in [3.63, 3.8) is 0 Å². The number of aryl methyl sites for hydroxylation is 2. The van der Waals surface area contributed by atoms with Crippen molar-refractivity contribution >= 4 is 28.0 Å². The number of fused-ring (bicyclic) bond motifs is 2. The summed E-state index contributed by atoms with van der Waals surface area (Å²) in [6, 6.07) is 3.73. The van der Waals surface area contributed by atoms with Crippen LogP contribution in [0.5, 0.6) is 0 Å². The predicted octanol–water partition coefficient (Wildman–Crippen LogP) is 1.98. The van der Waals surface area contributed by atoms with Gasteiger partial charge in [-0.3, -0.25) is 4.79 Å². The van der Waals surface area contributed by atoms with Gasteiger partial charge in [0.2, 0.25) is 5.95 Å². The van der Waals surface area contributed by atoms with Gasteiger partial charge in [-0.2, -0.15) is 0 Å². The second-order valence-corrected chi connectivity index (χ2v) is 5.90. The first-order chi connectivity index (χ1) is 11.0. The van der Waals surface area contributed by atoms with Crippen LogP contribution in [0, 0.1) is 6.92 Å². The number of nitrogen functional groups attached to an aromatic ring is 1. The Morgan fingerprint density at radius 2 is 2.09 bits per heavy atom. The molecule has 1 aromatic carbocycles. The van der Waals surface area contributed by atoms with Crippen LogP contribution in [0.25, 0.3) is 22.1 Å². The molecule has 0 amide bonds. The lowest BCUT2D eigenvalue weighted by atomic mass is 10.2. The number of aromatic amines is 1. The predicted molar refractivity (Wildman–Crippen MR) is 90.5 cm³/mol. The van der Waals surface area contributed by atoms with Gasteiger partial charge in [0.05, 0.1) is 28.2 Å². The molecule has 0 unspecified atom stereocenters. The summed E-state index contributed by atoms with van der Waals surface area (Å²) in [5.74, 6) is 0.457. The smallest absolute Gasteiger partial charge is 0.269 e. The monoisotopic (exact) mass is 315 g/mol. The lowest BCUT2D eigenvalue weighted by Crippen LogP contribution is -2.11. The summed E-state index contributed by atoms with van der Waals surface area (Å²) in [7, 11) is 0. The summed E-state index contributed by atoms with van der Waals surface area (Å²) in [5, 5.41) is 0. The number of nitrogens with one attached hydrogen (secondary N) is 1. The highest BCUT2D eigenvalue weighted by Gasteiger charge is 2.11. The zero-order valence-corrected chi connectivity index (χ0v) is 13.6. The van der Waals surface area contributed by atoms with Crippen molar-refractivity contribution in [1.82, 2.24) is 19.5 Å². The van der Waals surface area contributed by atoms with Crippen LogP contribution in [0.4, 0.5) is 5.95 Å². The minimum Gasteiger partial charge on any atom is -0.379 e. The standard InChI is InChI=1S/C16H21N5O2/c1-9(2)23-6-4-5-21-14-8-12-11(7-13(14)20-16(21)17)19-15(22)10(3)18-12/h7-9H,4-6H2,1-3H3,(H2,17,20)(H,19,22). The number of nitrogens with zero attached hydrogens (tertiary/aromatic N) is 3. The molecule has 2 aromatic heterocycles. The van der Waals surface area contributed by atoms with Crippen molar-refractivity contribution in [2.45, 2.75) is 39.8 Å². The number of anilines is 1. The van der Waals surface area contributed by atoms with Gasteiger partial charge >= 0.3 is 0 Å². The van der Waals surface area contributed by atoms with Crippen LogP contribution < -0.4 is 11.3 Å². The largest absolute Gasteiger partial charge is 0.379 e. The molecule has 0 fully saturated rings. The summed E-state index contributed by atoms with van der Waals surface area (Å²) >= 11 is 0. The molecule has 0 atom stereocenters. The number of H-pyrrole nitrogens is 1. The van der Waals surface area contributed by atoms with E-state index in [0.29, 0.717) is 23.8 Å². The molecule has 0 saturated heterocycles. The van der Waals surface area contributed by atoms with Gasteiger partial charge in [0.25, 0.3) is 5.56 Å². The molecule has 23 heavy (non-hydrogen) atoms. The van der Waals surface area contributed by atoms with Crippen molar-refractivity contribution in [2.75, 3.05) is 12.3 Å². The van der Waals surface area contributed by atoms with Crippen molar-refractivity contribution in [3.8, 4) is 0 Å². The van der Waals surface area contributed by atoms with Gasteiger partial charge in [0, 0.05) is 13.2 Å². The molecule has 0 aliphatic carbocycles. The van der Waals surface area contributed by atoms with Crippen LogP contribution in [-0.4, -0.2) is 32.2 Å². The quantitative estimate of drug-likeness (QED) is 0.701. The fraction of sp³-hybridized carbons (Fsp3) is 0.438. The molecule has 0 radical (unpaired) electrons. The number of benzene rings is 1. The van der Waals surface area contributed by atoms with Gasteiger partial charge in [-0.15, -0.1) is 0 Å². The van der Waals surface area contributed by atoms with Gasteiger partial charge in [-0.25, -0.2) is 9.97 Å². The third kappa shape index (κ3) is 3.05. The van der Waals surface area contributed by atoms with E-state index in [9.17, 15) is 4.79 Å². The maximum Gasteiger partial charge on any atom is 0.269 e. The van der Waals surface area contributed by atoms with Crippen molar-refractivity contribution in [2.24, 2.45) is 0 Å². The van der Waals surface area contributed by atoms with E-state index >= 15 is 0 Å². The Morgan fingerprint density at radius 1 is 1.30 bits per heavy atom. The summed E-state index contributed by atoms with van der Waals surface area (Å²) in [6.07, 6.45) is 1.07. The van der Waals surface area contributed by atoms with Crippen LogP contribution in [-0.2, 0) is 11.3 Å². The number of rotatable bonds is 5. The minimum absolute atomic E-state index is 0.185. The molecule has 7 nitrogen and oxygen atoms in total.